The van der Waals surface area contributed by atoms with Crippen LogP contribution in [0.4, 0.5) is 5.82 Å². The number of nitrogens with one attached hydrogen (secondary N) is 1. The second-order valence-corrected chi connectivity index (χ2v) is 4.49. The molecule has 0 bridgehead atoms. The summed E-state index contributed by atoms with van der Waals surface area (Å²) in [6.45, 7) is 0. The molecule has 0 spiro atoms. The highest BCUT2D eigenvalue weighted by Gasteiger charge is 2.15. The molecule has 0 aliphatic heterocycles. The van der Waals surface area contributed by atoms with Crippen molar-refractivity contribution in [1.29, 1.82) is 0 Å². The molecule has 8 heteroatoms. The fraction of sp³-hybridized carbons (Fsp3) is 0.167. The van der Waals surface area contributed by atoms with Crippen molar-refractivity contribution in [2.45, 2.75) is 0 Å². The molecule has 0 radical (unpaired) electrons. The number of aryl methyl sites for hydroxylation is 1. The Labute approximate surface area is 118 Å². The first-order valence-electron chi connectivity index (χ1n) is 5.60. The van der Waals surface area contributed by atoms with Gasteiger partial charge in [0.25, 0.3) is 11.5 Å². The lowest BCUT2D eigenvalue weighted by Gasteiger charge is -2.07. The zero-order chi connectivity index (χ0) is 14.9. The van der Waals surface area contributed by atoms with Crippen molar-refractivity contribution >= 4 is 23.3 Å². The van der Waals surface area contributed by atoms with Gasteiger partial charge in [-0.2, -0.15) is 0 Å². The highest BCUT2D eigenvalue weighted by Crippen LogP contribution is 2.09. The summed E-state index contributed by atoms with van der Waals surface area (Å²) < 4.78 is 2.02. The third-order valence-corrected chi connectivity index (χ3v) is 2.86. The lowest BCUT2D eigenvalue weighted by Crippen LogP contribution is -2.40. The third kappa shape index (κ3) is 2.62. The Hall–Kier alpha value is -2.41. The van der Waals surface area contributed by atoms with E-state index in [2.05, 4.69) is 10.3 Å². The summed E-state index contributed by atoms with van der Waals surface area (Å²) in [4.78, 5) is 39.3. The molecule has 0 fully saturated rings. The van der Waals surface area contributed by atoms with Gasteiger partial charge in [0.2, 0.25) is 0 Å². The molecule has 0 aliphatic rings. The Kier molecular flexibility index (Phi) is 3.71. The molecule has 2 heterocycles. The van der Waals surface area contributed by atoms with Gasteiger partial charge in [0.05, 0.1) is 0 Å². The molecule has 0 aromatic carbocycles. The van der Waals surface area contributed by atoms with Gasteiger partial charge in [-0.1, -0.05) is 17.7 Å². The summed E-state index contributed by atoms with van der Waals surface area (Å²) in [6, 6.07) is 4.71. The first-order chi connectivity index (χ1) is 9.40. The smallest absolute Gasteiger partial charge is 0.306 e. The van der Waals surface area contributed by atoms with Gasteiger partial charge in [-0.15, -0.1) is 0 Å². The van der Waals surface area contributed by atoms with Crippen LogP contribution in [0.3, 0.4) is 0 Å². The van der Waals surface area contributed by atoms with Crippen molar-refractivity contribution in [3.05, 3.63) is 56.0 Å². The summed E-state index contributed by atoms with van der Waals surface area (Å²) >= 11 is 5.70. The molecular formula is C12H11ClN4O3. The monoisotopic (exact) mass is 294 g/mol. The summed E-state index contributed by atoms with van der Waals surface area (Å²) in [7, 11) is 2.76. The van der Waals surface area contributed by atoms with Gasteiger partial charge in [-0.05, 0) is 12.1 Å². The van der Waals surface area contributed by atoms with Gasteiger partial charge >= 0.3 is 5.69 Å². The Morgan fingerprint density at radius 3 is 2.65 bits per heavy atom. The van der Waals surface area contributed by atoms with Gasteiger partial charge in [0, 0.05) is 20.3 Å². The molecule has 104 valence electrons. The zero-order valence-corrected chi connectivity index (χ0v) is 11.5. The molecule has 2 aromatic rings. The highest BCUT2D eigenvalue weighted by molar-refractivity contribution is 6.29. The minimum atomic E-state index is -0.673. The highest BCUT2D eigenvalue weighted by atomic mass is 35.5. The maximum absolute atomic E-state index is 12.0. The lowest BCUT2D eigenvalue weighted by atomic mass is 10.3. The van der Waals surface area contributed by atoms with Crippen molar-refractivity contribution in [3.8, 4) is 0 Å². The molecule has 2 rings (SSSR count). The summed E-state index contributed by atoms with van der Waals surface area (Å²) in [6.07, 6.45) is 1.19. The molecule has 1 amide bonds. The molecule has 7 nitrogen and oxygen atoms in total. The zero-order valence-electron chi connectivity index (χ0n) is 10.8. The summed E-state index contributed by atoms with van der Waals surface area (Å²) in [5.74, 6) is -0.436. The Balaban J connectivity index is 2.40. The van der Waals surface area contributed by atoms with Crippen LogP contribution < -0.4 is 16.6 Å². The summed E-state index contributed by atoms with van der Waals surface area (Å²) in [5, 5.41) is 2.67. The normalized spacial score (nSPS) is 10.3. The predicted molar refractivity (Wildman–Crippen MR) is 74.1 cm³/mol. The number of aromatic nitrogens is 3. The fourth-order valence-corrected chi connectivity index (χ4v) is 1.79. The maximum Gasteiger partial charge on any atom is 0.330 e. The summed E-state index contributed by atoms with van der Waals surface area (Å²) in [5.41, 5.74) is -1.34. The van der Waals surface area contributed by atoms with E-state index in [4.69, 9.17) is 11.6 Å². The lowest BCUT2D eigenvalue weighted by molar-refractivity contribution is 0.102. The van der Waals surface area contributed by atoms with Gasteiger partial charge in [-0.25, -0.2) is 9.78 Å². The number of carbonyl (C=O) groups excluding carboxylic acids is 1. The van der Waals surface area contributed by atoms with E-state index in [-0.39, 0.29) is 16.5 Å². The third-order valence-electron chi connectivity index (χ3n) is 2.65. The molecule has 1 N–H and O–H groups in total. The van der Waals surface area contributed by atoms with Crippen LogP contribution in [0.2, 0.25) is 5.15 Å². The molecule has 20 heavy (non-hydrogen) atoms. The van der Waals surface area contributed by atoms with Gasteiger partial charge in [0.15, 0.2) is 0 Å². The number of hydrogen-bond donors (Lipinski definition) is 1. The van der Waals surface area contributed by atoms with E-state index < -0.39 is 17.2 Å². The van der Waals surface area contributed by atoms with Gasteiger partial charge in [-0.3, -0.25) is 14.2 Å². The average molecular weight is 295 g/mol. The van der Waals surface area contributed by atoms with E-state index in [1.165, 1.54) is 26.4 Å². The largest absolute Gasteiger partial charge is 0.330 e. The first kappa shape index (κ1) is 14.0. The van der Waals surface area contributed by atoms with Crippen LogP contribution in [0.15, 0.2) is 34.0 Å². The van der Waals surface area contributed by atoms with Crippen molar-refractivity contribution < 1.29 is 4.79 Å². The Morgan fingerprint density at radius 2 is 2.00 bits per heavy atom. The minimum Gasteiger partial charge on any atom is -0.306 e. The standard InChI is InChI=1S/C12H11ClN4O3/c1-16-6-7(11(19)17(2)12(16)20)10(18)15-9-5-3-4-8(13)14-9/h3-6H,1-2H3,(H,14,15,18). The van der Waals surface area contributed by atoms with E-state index in [1.54, 1.807) is 12.1 Å². The number of hydrogen-bond acceptors (Lipinski definition) is 4. The molecule has 0 unspecified atom stereocenters. The number of pyridine rings is 1. The topological polar surface area (TPSA) is 86.0 Å². The van der Waals surface area contributed by atoms with Crippen LogP contribution >= 0.6 is 11.6 Å². The number of rotatable bonds is 2. The molecule has 0 saturated heterocycles. The average Bonchev–Trinajstić information content (AvgIpc) is 2.40. The molecule has 2 aromatic heterocycles. The van der Waals surface area contributed by atoms with Crippen LogP contribution in [0.5, 0.6) is 0 Å². The molecule has 0 saturated carbocycles. The maximum atomic E-state index is 12.0. The number of anilines is 1. The van der Waals surface area contributed by atoms with E-state index >= 15 is 0 Å². The van der Waals surface area contributed by atoms with Crippen LogP contribution in [0.25, 0.3) is 0 Å². The van der Waals surface area contributed by atoms with Crippen LogP contribution in [-0.4, -0.2) is 20.0 Å². The number of nitrogens with zero attached hydrogens (tertiary/aromatic N) is 3. The Bertz CT molecular complexity index is 794. The van der Waals surface area contributed by atoms with Crippen LogP contribution in [0, 0.1) is 0 Å². The Morgan fingerprint density at radius 1 is 1.30 bits per heavy atom. The number of carbonyl (C=O) groups is 1. The van der Waals surface area contributed by atoms with Gasteiger partial charge in [0.1, 0.15) is 16.5 Å². The van der Waals surface area contributed by atoms with E-state index in [1.807, 2.05) is 0 Å². The molecule has 0 aliphatic carbocycles. The molecular weight excluding hydrogens is 284 g/mol. The van der Waals surface area contributed by atoms with E-state index in [9.17, 15) is 14.4 Å². The van der Waals surface area contributed by atoms with E-state index in [0.29, 0.717) is 0 Å². The predicted octanol–water partition coefficient (Wildman–Crippen LogP) is 0.385. The minimum absolute atomic E-state index is 0.156. The van der Waals surface area contributed by atoms with Crippen molar-refractivity contribution in [1.82, 2.24) is 14.1 Å². The fourth-order valence-electron chi connectivity index (χ4n) is 1.63. The second kappa shape index (κ2) is 5.30. The van der Waals surface area contributed by atoms with Crippen molar-refractivity contribution in [2.75, 3.05) is 5.32 Å². The second-order valence-electron chi connectivity index (χ2n) is 4.10. The van der Waals surface area contributed by atoms with Crippen LogP contribution in [0.1, 0.15) is 10.4 Å². The first-order valence-corrected chi connectivity index (χ1v) is 5.98. The van der Waals surface area contributed by atoms with Crippen molar-refractivity contribution in [3.63, 3.8) is 0 Å². The molecule has 0 atom stereocenters. The SMILES string of the molecule is Cn1cc(C(=O)Nc2cccc(Cl)n2)c(=O)n(C)c1=O. The van der Waals surface area contributed by atoms with Gasteiger partial charge < -0.3 is 9.88 Å². The number of halogens is 1. The van der Waals surface area contributed by atoms with E-state index in [0.717, 1.165) is 9.13 Å². The number of amides is 1. The quantitative estimate of drug-likeness (QED) is 0.812. The van der Waals surface area contributed by atoms with Crippen LogP contribution in [-0.2, 0) is 14.1 Å². The van der Waals surface area contributed by atoms with Crippen molar-refractivity contribution in [2.24, 2.45) is 14.1 Å².